The van der Waals surface area contributed by atoms with Crippen molar-refractivity contribution in [3.63, 3.8) is 0 Å². The maximum atomic E-state index is 12.4. The van der Waals surface area contributed by atoms with E-state index >= 15 is 0 Å². The SMILES string of the molecule is CN=C(NCCCOC1CCOCC1)NC1CCN(CC(F)(F)F)C1. The van der Waals surface area contributed by atoms with Gasteiger partial charge in [0.05, 0.1) is 12.6 Å². The Labute approximate surface area is 147 Å². The van der Waals surface area contributed by atoms with Crippen molar-refractivity contribution >= 4 is 5.96 Å². The van der Waals surface area contributed by atoms with E-state index in [9.17, 15) is 13.2 Å². The zero-order valence-corrected chi connectivity index (χ0v) is 14.8. The highest BCUT2D eigenvalue weighted by molar-refractivity contribution is 5.79. The first-order valence-corrected chi connectivity index (χ1v) is 8.92. The zero-order chi connectivity index (χ0) is 18.1. The van der Waals surface area contributed by atoms with Crippen LogP contribution in [0.1, 0.15) is 25.7 Å². The van der Waals surface area contributed by atoms with Crippen molar-refractivity contribution in [1.82, 2.24) is 15.5 Å². The minimum atomic E-state index is -4.14. The van der Waals surface area contributed by atoms with E-state index in [0.29, 0.717) is 44.7 Å². The van der Waals surface area contributed by atoms with Crippen LogP contribution in [0, 0.1) is 0 Å². The van der Waals surface area contributed by atoms with Gasteiger partial charge in [0.15, 0.2) is 5.96 Å². The van der Waals surface area contributed by atoms with Gasteiger partial charge >= 0.3 is 6.18 Å². The van der Waals surface area contributed by atoms with Crippen molar-refractivity contribution in [2.75, 3.05) is 53.0 Å². The highest BCUT2D eigenvalue weighted by Crippen LogP contribution is 2.19. The lowest BCUT2D eigenvalue weighted by Crippen LogP contribution is -2.45. The number of nitrogens with zero attached hydrogens (tertiary/aromatic N) is 2. The van der Waals surface area contributed by atoms with E-state index < -0.39 is 12.7 Å². The van der Waals surface area contributed by atoms with Gasteiger partial charge < -0.3 is 20.1 Å². The summed E-state index contributed by atoms with van der Waals surface area (Å²) in [5.74, 6) is 0.630. The van der Waals surface area contributed by atoms with Gasteiger partial charge in [-0.1, -0.05) is 0 Å². The lowest BCUT2D eigenvalue weighted by molar-refractivity contribution is -0.143. The molecular weight excluding hydrogens is 337 g/mol. The van der Waals surface area contributed by atoms with Gasteiger partial charge in [0.2, 0.25) is 0 Å². The molecule has 2 rings (SSSR count). The molecule has 0 spiro atoms. The van der Waals surface area contributed by atoms with Crippen LogP contribution in [0.25, 0.3) is 0 Å². The molecule has 0 amide bonds. The first-order valence-electron chi connectivity index (χ1n) is 8.92. The predicted octanol–water partition coefficient (Wildman–Crippen LogP) is 1.37. The van der Waals surface area contributed by atoms with E-state index in [1.54, 1.807) is 7.05 Å². The predicted molar refractivity (Wildman–Crippen MR) is 89.8 cm³/mol. The van der Waals surface area contributed by atoms with E-state index in [2.05, 4.69) is 15.6 Å². The molecule has 1 atom stereocenters. The average Bonchev–Trinajstić information content (AvgIpc) is 2.99. The number of alkyl halides is 3. The van der Waals surface area contributed by atoms with Crippen molar-refractivity contribution in [3.8, 4) is 0 Å². The summed E-state index contributed by atoms with van der Waals surface area (Å²) in [5, 5.41) is 6.38. The largest absolute Gasteiger partial charge is 0.401 e. The van der Waals surface area contributed by atoms with Crippen molar-refractivity contribution < 1.29 is 22.6 Å². The van der Waals surface area contributed by atoms with Crippen LogP contribution in [-0.2, 0) is 9.47 Å². The summed E-state index contributed by atoms with van der Waals surface area (Å²) < 4.78 is 48.3. The number of ether oxygens (including phenoxy) is 2. The van der Waals surface area contributed by atoms with Crippen molar-refractivity contribution in [2.24, 2.45) is 4.99 Å². The maximum absolute atomic E-state index is 12.4. The van der Waals surface area contributed by atoms with Gasteiger partial charge in [-0.25, -0.2) is 0 Å². The monoisotopic (exact) mass is 366 g/mol. The molecule has 0 saturated carbocycles. The Morgan fingerprint density at radius 1 is 1.28 bits per heavy atom. The third kappa shape index (κ3) is 8.24. The third-order valence-corrected chi connectivity index (χ3v) is 4.38. The highest BCUT2D eigenvalue weighted by Gasteiger charge is 2.34. The minimum absolute atomic E-state index is 0.00737. The van der Waals surface area contributed by atoms with Crippen LogP contribution in [0.2, 0.25) is 0 Å². The lowest BCUT2D eigenvalue weighted by atomic mass is 10.1. The van der Waals surface area contributed by atoms with Crippen LogP contribution in [0.3, 0.4) is 0 Å². The number of hydrogen-bond acceptors (Lipinski definition) is 4. The summed E-state index contributed by atoms with van der Waals surface area (Å²) in [6.07, 6.45) is -0.407. The normalized spacial score (nSPS) is 23.8. The molecular formula is C16H29F3N4O2. The fourth-order valence-corrected chi connectivity index (χ4v) is 3.11. The Morgan fingerprint density at radius 3 is 2.72 bits per heavy atom. The van der Waals surface area contributed by atoms with Crippen LogP contribution in [-0.4, -0.2) is 82.2 Å². The molecule has 0 aromatic rings. The first-order chi connectivity index (χ1) is 12.0. The molecule has 2 heterocycles. The molecule has 1 unspecified atom stereocenters. The average molecular weight is 366 g/mol. The lowest BCUT2D eigenvalue weighted by Gasteiger charge is -2.22. The Balaban J connectivity index is 1.56. The maximum Gasteiger partial charge on any atom is 0.401 e. The van der Waals surface area contributed by atoms with E-state index in [4.69, 9.17) is 9.47 Å². The second-order valence-electron chi connectivity index (χ2n) is 6.52. The number of halogens is 3. The topological polar surface area (TPSA) is 58.1 Å². The molecule has 0 bridgehead atoms. The second kappa shape index (κ2) is 10.2. The van der Waals surface area contributed by atoms with Gasteiger partial charge in [-0.05, 0) is 25.7 Å². The van der Waals surface area contributed by atoms with E-state index in [1.807, 2.05) is 0 Å². The van der Waals surface area contributed by atoms with Crippen LogP contribution >= 0.6 is 0 Å². The summed E-state index contributed by atoms with van der Waals surface area (Å²) >= 11 is 0. The number of likely N-dealkylation sites (tertiary alicyclic amines) is 1. The molecule has 0 aromatic heterocycles. The summed E-state index contributed by atoms with van der Waals surface area (Å²) in [4.78, 5) is 5.56. The Bertz CT molecular complexity index is 415. The molecule has 6 nitrogen and oxygen atoms in total. The summed E-state index contributed by atoms with van der Waals surface area (Å²) in [5.41, 5.74) is 0. The molecule has 2 aliphatic heterocycles. The molecule has 2 aliphatic rings. The summed E-state index contributed by atoms with van der Waals surface area (Å²) in [7, 11) is 1.66. The number of guanidine groups is 1. The van der Waals surface area contributed by atoms with Crippen LogP contribution in [0.5, 0.6) is 0 Å². The molecule has 2 N–H and O–H groups in total. The van der Waals surface area contributed by atoms with Gasteiger partial charge in [-0.2, -0.15) is 13.2 Å². The fraction of sp³-hybridized carbons (Fsp3) is 0.938. The van der Waals surface area contributed by atoms with Gasteiger partial charge in [-0.15, -0.1) is 0 Å². The molecule has 146 valence electrons. The van der Waals surface area contributed by atoms with Gasteiger partial charge in [0, 0.05) is 52.5 Å². The van der Waals surface area contributed by atoms with E-state index in [0.717, 1.165) is 32.5 Å². The molecule has 0 aromatic carbocycles. The van der Waals surface area contributed by atoms with E-state index in [1.165, 1.54) is 4.90 Å². The molecule has 0 radical (unpaired) electrons. The molecule has 9 heteroatoms. The van der Waals surface area contributed by atoms with E-state index in [-0.39, 0.29) is 6.04 Å². The zero-order valence-electron chi connectivity index (χ0n) is 14.8. The van der Waals surface area contributed by atoms with Crippen LogP contribution < -0.4 is 10.6 Å². The third-order valence-electron chi connectivity index (χ3n) is 4.38. The van der Waals surface area contributed by atoms with Crippen molar-refractivity contribution in [1.29, 1.82) is 0 Å². The molecule has 25 heavy (non-hydrogen) atoms. The van der Waals surface area contributed by atoms with Crippen LogP contribution in [0.4, 0.5) is 13.2 Å². The van der Waals surface area contributed by atoms with Gasteiger partial charge in [0.25, 0.3) is 0 Å². The first kappa shape index (κ1) is 20.3. The summed E-state index contributed by atoms with van der Waals surface area (Å²) in [6, 6.07) is -0.00737. The number of hydrogen-bond donors (Lipinski definition) is 2. The Kier molecular flexibility index (Phi) is 8.25. The number of aliphatic imine (C=N–C) groups is 1. The Hall–Kier alpha value is -1.06. The van der Waals surface area contributed by atoms with Crippen molar-refractivity contribution in [2.45, 2.75) is 44.0 Å². The Morgan fingerprint density at radius 2 is 2.04 bits per heavy atom. The minimum Gasteiger partial charge on any atom is -0.381 e. The van der Waals surface area contributed by atoms with Gasteiger partial charge in [-0.3, -0.25) is 9.89 Å². The van der Waals surface area contributed by atoms with Crippen LogP contribution in [0.15, 0.2) is 4.99 Å². The molecule has 2 fully saturated rings. The number of rotatable bonds is 7. The summed E-state index contributed by atoms with van der Waals surface area (Å²) in [6.45, 7) is 2.92. The number of nitrogens with one attached hydrogen (secondary N) is 2. The van der Waals surface area contributed by atoms with Crippen molar-refractivity contribution in [3.05, 3.63) is 0 Å². The molecule has 2 saturated heterocycles. The van der Waals surface area contributed by atoms with Gasteiger partial charge in [0.1, 0.15) is 0 Å². The second-order valence-corrected chi connectivity index (χ2v) is 6.52. The highest BCUT2D eigenvalue weighted by atomic mass is 19.4. The smallest absolute Gasteiger partial charge is 0.381 e. The molecule has 0 aliphatic carbocycles. The quantitative estimate of drug-likeness (QED) is 0.405. The standard InChI is InChI=1S/C16H29F3N4O2/c1-20-15(21-6-2-8-25-14-4-9-24-10-5-14)22-13-3-7-23(11-13)12-16(17,18)19/h13-14H,2-12H2,1H3,(H2,20,21,22). The fourth-order valence-electron chi connectivity index (χ4n) is 3.11.